The largest absolute Gasteiger partial charge is 0.378 e. The van der Waals surface area contributed by atoms with E-state index in [2.05, 4.69) is 25.5 Å². The van der Waals surface area contributed by atoms with Crippen molar-refractivity contribution in [2.45, 2.75) is 4.90 Å². The van der Waals surface area contributed by atoms with Crippen LogP contribution in [-0.4, -0.2) is 61.6 Å². The molecule has 4 rings (SSSR count). The lowest BCUT2D eigenvalue weighted by atomic mass is 10.2. The van der Waals surface area contributed by atoms with Crippen molar-refractivity contribution in [3.63, 3.8) is 0 Å². The molecule has 0 spiro atoms. The minimum Gasteiger partial charge on any atom is -0.378 e. The van der Waals surface area contributed by atoms with E-state index in [0.29, 0.717) is 18.9 Å². The number of amides is 1. The van der Waals surface area contributed by atoms with Crippen LogP contribution in [0.3, 0.4) is 0 Å². The number of carbonyl (C=O) groups excluding carboxylic acids is 1. The maximum Gasteiger partial charge on any atom is 0.311 e. The topological polar surface area (TPSA) is 171 Å². The summed E-state index contributed by atoms with van der Waals surface area (Å²) in [6, 6.07) is 13.3. The summed E-state index contributed by atoms with van der Waals surface area (Å²) in [6.45, 7) is 3.13. The highest BCUT2D eigenvalue weighted by Crippen LogP contribution is 2.16. The quantitative estimate of drug-likeness (QED) is 0.336. The highest BCUT2D eigenvalue weighted by atomic mass is 32.2. The van der Waals surface area contributed by atoms with Crippen LogP contribution in [0.25, 0.3) is 5.69 Å². The molecular weight excluding hydrogens is 448 g/mol. The summed E-state index contributed by atoms with van der Waals surface area (Å²) in [5.74, 6) is -0.892. The molecule has 1 aromatic heterocycles. The molecule has 1 aliphatic heterocycles. The third kappa shape index (κ3) is 5.34. The number of nitrogens with zero attached hydrogens (tertiary/aromatic N) is 5. The second kappa shape index (κ2) is 9.36. The fraction of sp³-hybridized carbons (Fsp3) is 0.200. The van der Waals surface area contributed by atoms with Gasteiger partial charge >= 0.3 is 5.91 Å². The molecule has 0 atom stereocenters. The van der Waals surface area contributed by atoms with Crippen molar-refractivity contribution < 1.29 is 17.9 Å². The van der Waals surface area contributed by atoms with E-state index in [9.17, 15) is 13.2 Å². The monoisotopic (exact) mass is 470 g/mol. The zero-order valence-electron chi connectivity index (χ0n) is 17.5. The smallest absolute Gasteiger partial charge is 0.311 e. The first-order valence-corrected chi connectivity index (χ1v) is 11.5. The molecule has 2 heterocycles. The number of anilines is 2. The van der Waals surface area contributed by atoms with Gasteiger partial charge in [0.05, 0.1) is 30.0 Å². The van der Waals surface area contributed by atoms with Crippen LogP contribution in [-0.2, 0) is 14.8 Å². The Labute approximate surface area is 189 Å². The number of primary sulfonamides is 1. The Hall–Kier alpha value is -3.81. The SMILES string of the molecule is Nc1nc(C(=O)N/N=C/c2ccc(N3CCOCC3)cc2)nn1-c1ccc(S(N)(=O)=O)cc1. The molecule has 1 fully saturated rings. The number of rotatable bonds is 6. The van der Waals surface area contributed by atoms with E-state index < -0.39 is 15.9 Å². The minimum absolute atomic E-state index is 0.0498. The summed E-state index contributed by atoms with van der Waals surface area (Å²) in [7, 11) is -3.83. The van der Waals surface area contributed by atoms with Crippen LogP contribution < -0.4 is 21.2 Å². The maximum absolute atomic E-state index is 12.3. The summed E-state index contributed by atoms with van der Waals surface area (Å²) >= 11 is 0. The standard InChI is InChI=1S/C20H22N8O4S/c21-20-24-18(26-28(20)16-5-7-17(8-6-16)33(22,30)31)19(29)25-23-13-14-1-3-15(4-2-14)27-9-11-32-12-10-27/h1-8,13H,9-12H2,(H,25,29)(H2,21,24,26)(H2,22,30,31)/b23-13+. The number of ether oxygens (including phenoxy) is 1. The number of hydrazone groups is 1. The number of nitrogens with one attached hydrogen (secondary N) is 1. The fourth-order valence-electron chi connectivity index (χ4n) is 3.20. The zero-order valence-corrected chi connectivity index (χ0v) is 18.3. The van der Waals surface area contributed by atoms with Crippen molar-refractivity contribution in [2.24, 2.45) is 10.2 Å². The average Bonchev–Trinajstić information content (AvgIpc) is 3.21. The first kappa shape index (κ1) is 22.4. The Balaban J connectivity index is 1.39. The second-order valence-electron chi connectivity index (χ2n) is 7.13. The van der Waals surface area contributed by atoms with Crippen LogP contribution >= 0.6 is 0 Å². The lowest BCUT2D eigenvalue weighted by molar-refractivity contribution is 0.0945. The highest BCUT2D eigenvalue weighted by Gasteiger charge is 2.16. The molecule has 3 aromatic rings. The molecule has 1 amide bonds. The predicted octanol–water partition coefficient (Wildman–Crippen LogP) is 0.0974. The Morgan fingerprint density at radius 3 is 2.33 bits per heavy atom. The summed E-state index contributed by atoms with van der Waals surface area (Å²) in [5, 5.41) is 13.1. The number of morpholine rings is 1. The summed E-state index contributed by atoms with van der Waals surface area (Å²) in [6.07, 6.45) is 1.51. The van der Waals surface area contributed by atoms with Crippen molar-refractivity contribution in [1.82, 2.24) is 20.2 Å². The van der Waals surface area contributed by atoms with Gasteiger partial charge in [-0.25, -0.2) is 19.0 Å². The Kier molecular flexibility index (Phi) is 6.35. The lowest BCUT2D eigenvalue weighted by Crippen LogP contribution is -2.36. The predicted molar refractivity (Wildman–Crippen MR) is 122 cm³/mol. The maximum atomic E-state index is 12.3. The molecule has 172 valence electrons. The number of nitrogen functional groups attached to an aromatic ring is 1. The van der Waals surface area contributed by atoms with E-state index in [1.807, 2.05) is 24.3 Å². The molecule has 1 aliphatic rings. The van der Waals surface area contributed by atoms with Crippen LogP contribution in [0.4, 0.5) is 11.6 Å². The van der Waals surface area contributed by atoms with Crippen LogP contribution in [0.5, 0.6) is 0 Å². The summed E-state index contributed by atoms with van der Waals surface area (Å²) in [5.41, 5.74) is 10.5. The number of hydrogen-bond donors (Lipinski definition) is 3. The Bertz CT molecular complexity index is 1260. The van der Waals surface area contributed by atoms with Gasteiger partial charge in [0.1, 0.15) is 0 Å². The van der Waals surface area contributed by atoms with E-state index in [-0.39, 0.29) is 16.7 Å². The number of carbonyl (C=O) groups is 1. The number of benzene rings is 2. The minimum atomic E-state index is -3.83. The number of aromatic nitrogens is 3. The van der Waals surface area contributed by atoms with Crippen molar-refractivity contribution in [1.29, 1.82) is 0 Å². The van der Waals surface area contributed by atoms with Gasteiger partial charge in [0.15, 0.2) is 0 Å². The molecule has 5 N–H and O–H groups in total. The lowest BCUT2D eigenvalue weighted by Gasteiger charge is -2.28. The van der Waals surface area contributed by atoms with E-state index in [0.717, 1.165) is 24.3 Å². The molecule has 0 saturated carbocycles. The van der Waals surface area contributed by atoms with Gasteiger partial charge in [-0.05, 0) is 42.0 Å². The number of hydrogen-bond acceptors (Lipinski definition) is 9. The first-order chi connectivity index (χ1) is 15.8. The van der Waals surface area contributed by atoms with Gasteiger partial charge in [0, 0.05) is 18.8 Å². The van der Waals surface area contributed by atoms with E-state index in [1.165, 1.54) is 35.2 Å². The normalized spacial score (nSPS) is 14.5. The van der Waals surface area contributed by atoms with Gasteiger partial charge < -0.3 is 15.4 Å². The second-order valence-corrected chi connectivity index (χ2v) is 8.70. The van der Waals surface area contributed by atoms with E-state index in [4.69, 9.17) is 15.6 Å². The van der Waals surface area contributed by atoms with Gasteiger partial charge in [-0.1, -0.05) is 12.1 Å². The fourth-order valence-corrected chi connectivity index (χ4v) is 3.71. The summed E-state index contributed by atoms with van der Waals surface area (Å²) in [4.78, 5) is 18.5. The average molecular weight is 471 g/mol. The van der Waals surface area contributed by atoms with Gasteiger partial charge in [-0.15, -0.1) is 5.10 Å². The van der Waals surface area contributed by atoms with Gasteiger partial charge in [-0.3, -0.25) is 4.79 Å². The van der Waals surface area contributed by atoms with Crippen LogP contribution in [0.2, 0.25) is 0 Å². The molecule has 33 heavy (non-hydrogen) atoms. The van der Waals surface area contributed by atoms with Crippen molar-refractivity contribution in [3.8, 4) is 5.69 Å². The zero-order chi connectivity index (χ0) is 23.4. The molecule has 1 saturated heterocycles. The molecule has 13 heteroatoms. The van der Waals surface area contributed by atoms with Crippen molar-refractivity contribution >= 4 is 33.8 Å². The Morgan fingerprint density at radius 2 is 1.70 bits per heavy atom. The molecule has 0 radical (unpaired) electrons. The van der Waals surface area contributed by atoms with Crippen LogP contribution in [0.15, 0.2) is 58.5 Å². The summed E-state index contributed by atoms with van der Waals surface area (Å²) < 4.78 is 29.3. The molecule has 12 nitrogen and oxygen atoms in total. The van der Waals surface area contributed by atoms with Gasteiger partial charge in [0.25, 0.3) is 0 Å². The molecular formula is C20H22N8O4S. The van der Waals surface area contributed by atoms with Crippen LogP contribution in [0.1, 0.15) is 16.2 Å². The van der Waals surface area contributed by atoms with Gasteiger partial charge in [0.2, 0.25) is 21.8 Å². The molecule has 2 aromatic carbocycles. The third-order valence-electron chi connectivity index (χ3n) is 4.89. The first-order valence-electron chi connectivity index (χ1n) is 9.93. The van der Waals surface area contributed by atoms with Crippen molar-refractivity contribution in [3.05, 3.63) is 59.9 Å². The number of sulfonamides is 1. The molecule has 0 aliphatic carbocycles. The number of nitrogens with two attached hydrogens (primary N) is 2. The Morgan fingerprint density at radius 1 is 1.06 bits per heavy atom. The van der Waals surface area contributed by atoms with Gasteiger partial charge in [-0.2, -0.15) is 14.8 Å². The highest BCUT2D eigenvalue weighted by molar-refractivity contribution is 7.89. The molecule has 0 unspecified atom stereocenters. The van der Waals surface area contributed by atoms with Crippen LogP contribution in [0, 0.1) is 0 Å². The van der Waals surface area contributed by atoms with Crippen molar-refractivity contribution in [2.75, 3.05) is 36.9 Å². The third-order valence-corrected chi connectivity index (χ3v) is 5.82. The molecule has 0 bridgehead atoms. The van der Waals surface area contributed by atoms with E-state index >= 15 is 0 Å². The van der Waals surface area contributed by atoms with E-state index in [1.54, 1.807) is 0 Å².